The molecule has 0 saturated heterocycles. The maximum atomic E-state index is 14.3. The van der Waals surface area contributed by atoms with Gasteiger partial charge >= 0.3 is 0 Å². The van der Waals surface area contributed by atoms with Crippen LogP contribution >= 0.6 is 23.5 Å². The fourth-order valence-electron chi connectivity index (χ4n) is 2.77. The molecule has 0 unspecified atom stereocenters. The van der Waals surface area contributed by atoms with Crippen LogP contribution in [0.4, 0.5) is 21.8 Å². The number of nitrogens with one attached hydrogen (secondary N) is 1. The van der Waals surface area contributed by atoms with Gasteiger partial charge in [0.15, 0.2) is 5.65 Å². The molecule has 0 bridgehead atoms. The van der Waals surface area contributed by atoms with Gasteiger partial charge in [0.2, 0.25) is 11.8 Å². The number of pyridine rings is 2. The molecule has 5 N–H and O–H groups in total. The number of nitrogen functional groups attached to an aromatic ring is 2. The molecule has 0 aliphatic heterocycles. The average Bonchev–Trinajstić information content (AvgIpc) is 2.71. The van der Waals surface area contributed by atoms with Gasteiger partial charge in [-0.15, -0.1) is 0 Å². The van der Waals surface area contributed by atoms with Gasteiger partial charge in [0.1, 0.15) is 11.6 Å². The van der Waals surface area contributed by atoms with Gasteiger partial charge in [-0.05, 0) is 47.8 Å². The van der Waals surface area contributed by atoms with Gasteiger partial charge in [-0.2, -0.15) is 4.98 Å². The molecule has 4 rings (SSSR count). The van der Waals surface area contributed by atoms with Crippen molar-refractivity contribution in [3.8, 4) is 17.0 Å². The highest BCUT2D eigenvalue weighted by molar-refractivity contribution is 8.00. The van der Waals surface area contributed by atoms with Gasteiger partial charge in [0.05, 0.1) is 17.0 Å². The van der Waals surface area contributed by atoms with Crippen molar-refractivity contribution in [1.29, 1.82) is 0 Å². The largest absolute Gasteiger partial charge is 0.480 e. The lowest BCUT2D eigenvalue weighted by Crippen LogP contribution is -2.00. The molecule has 11 heteroatoms. The summed E-state index contributed by atoms with van der Waals surface area (Å²) in [5, 5.41) is 1.09. The normalized spacial score (nSPS) is 10.9. The molecule has 0 aliphatic rings. The van der Waals surface area contributed by atoms with Gasteiger partial charge in [0.25, 0.3) is 0 Å². The first-order valence-corrected chi connectivity index (χ1v) is 9.74. The van der Waals surface area contributed by atoms with Crippen LogP contribution in [0.1, 0.15) is 0 Å². The molecule has 1 aromatic carbocycles. The number of hydrogen-bond donors (Lipinski definition) is 3. The van der Waals surface area contributed by atoms with Crippen LogP contribution in [0.3, 0.4) is 0 Å². The summed E-state index contributed by atoms with van der Waals surface area (Å²) in [6, 6.07) is 7.91. The molecule has 0 amide bonds. The van der Waals surface area contributed by atoms with E-state index in [9.17, 15) is 4.39 Å². The van der Waals surface area contributed by atoms with Crippen molar-refractivity contribution >= 4 is 52.0 Å². The average molecular weight is 444 g/mol. The molecule has 8 nitrogen and oxygen atoms in total. The molecule has 0 saturated carbocycles. The summed E-state index contributed by atoms with van der Waals surface area (Å²) in [6.07, 6.45) is 3.03. The first-order chi connectivity index (χ1) is 14.4. The van der Waals surface area contributed by atoms with E-state index >= 15 is 0 Å². The Kier molecular flexibility index (Phi) is 5.42. The highest BCUT2D eigenvalue weighted by Crippen LogP contribution is 2.34. The summed E-state index contributed by atoms with van der Waals surface area (Å²) in [4.78, 5) is 17.0. The molecule has 3 aromatic heterocycles. The lowest BCUT2D eigenvalue weighted by atomic mass is 10.0. The van der Waals surface area contributed by atoms with E-state index in [0.29, 0.717) is 43.6 Å². The molecule has 152 valence electrons. The third-order valence-electron chi connectivity index (χ3n) is 4.08. The Bertz CT molecular complexity index is 1260. The van der Waals surface area contributed by atoms with Crippen LogP contribution in [0, 0.1) is 5.82 Å². The standard InChI is InChI=1S/C19H15ClFN7OS/c1-29-18-15(5-11(20)8-24-18)30-28-13-3-9(2-12(21)6-13)14-4-10-7-25-19(23)27-17(10)26-16(14)22/h2-8,28H,1H3,(H4,22,23,25,26,27). The van der Waals surface area contributed by atoms with Crippen LogP contribution in [0.25, 0.3) is 22.2 Å². The first-order valence-electron chi connectivity index (χ1n) is 8.55. The van der Waals surface area contributed by atoms with E-state index < -0.39 is 5.82 Å². The molecular formula is C19H15ClFN7OS. The number of rotatable bonds is 5. The minimum atomic E-state index is -0.445. The molecule has 0 fully saturated rings. The molecule has 3 heterocycles. The van der Waals surface area contributed by atoms with Crippen LogP contribution in [-0.4, -0.2) is 27.0 Å². The van der Waals surface area contributed by atoms with Gasteiger partial charge in [-0.1, -0.05) is 11.6 Å². The van der Waals surface area contributed by atoms with Crippen molar-refractivity contribution in [2.75, 3.05) is 23.3 Å². The van der Waals surface area contributed by atoms with Crippen LogP contribution in [0.15, 0.2) is 47.6 Å². The third kappa shape index (κ3) is 4.14. The number of hydrogen-bond acceptors (Lipinski definition) is 9. The minimum absolute atomic E-state index is 0.0994. The number of halogens is 2. The quantitative estimate of drug-likeness (QED) is 0.389. The van der Waals surface area contributed by atoms with E-state index in [0.717, 1.165) is 0 Å². The Hall–Kier alpha value is -3.37. The third-order valence-corrected chi connectivity index (χ3v) is 5.14. The van der Waals surface area contributed by atoms with Crippen LogP contribution in [0.5, 0.6) is 5.88 Å². The zero-order valence-corrected chi connectivity index (χ0v) is 17.1. The smallest absolute Gasteiger partial charge is 0.228 e. The second-order valence-electron chi connectivity index (χ2n) is 6.16. The maximum Gasteiger partial charge on any atom is 0.228 e. The van der Waals surface area contributed by atoms with Crippen LogP contribution in [-0.2, 0) is 0 Å². The SMILES string of the molecule is COc1ncc(Cl)cc1SNc1cc(F)cc(-c2cc3cnc(N)nc3nc2N)c1. The van der Waals surface area contributed by atoms with Crippen LogP contribution in [0.2, 0.25) is 5.02 Å². The fourth-order valence-corrected chi connectivity index (χ4v) is 3.75. The number of benzene rings is 1. The maximum absolute atomic E-state index is 14.3. The molecule has 0 aliphatic carbocycles. The fraction of sp³-hybridized carbons (Fsp3) is 0.0526. The van der Waals surface area contributed by atoms with Gasteiger partial charge in [-0.25, -0.2) is 19.3 Å². The van der Waals surface area contributed by atoms with E-state index in [1.165, 1.54) is 37.4 Å². The topological polar surface area (TPSA) is 125 Å². The molecule has 0 spiro atoms. The van der Waals surface area contributed by atoms with Gasteiger partial charge in [-0.3, -0.25) is 0 Å². The van der Waals surface area contributed by atoms with Crippen molar-refractivity contribution in [3.63, 3.8) is 0 Å². The second kappa shape index (κ2) is 8.17. The predicted octanol–water partition coefficient (Wildman–Crippen LogP) is 4.17. The number of nitrogens with two attached hydrogens (primary N) is 2. The van der Waals surface area contributed by atoms with Crippen molar-refractivity contribution in [3.05, 3.63) is 53.6 Å². The second-order valence-corrected chi connectivity index (χ2v) is 7.44. The zero-order chi connectivity index (χ0) is 21.3. The Balaban J connectivity index is 1.67. The van der Waals surface area contributed by atoms with E-state index in [1.807, 2.05) is 0 Å². The molecular weight excluding hydrogens is 429 g/mol. The number of anilines is 3. The Labute approximate surface area is 180 Å². The van der Waals surface area contributed by atoms with Crippen molar-refractivity contribution in [2.24, 2.45) is 0 Å². The Morgan fingerprint density at radius 3 is 2.70 bits per heavy atom. The highest BCUT2D eigenvalue weighted by atomic mass is 35.5. The molecule has 0 atom stereocenters. The van der Waals surface area contributed by atoms with Gasteiger partial charge in [0, 0.05) is 29.0 Å². The summed E-state index contributed by atoms with van der Waals surface area (Å²) in [5.74, 6) is 0.253. The van der Waals surface area contributed by atoms with Crippen LogP contribution < -0.4 is 20.9 Å². The van der Waals surface area contributed by atoms with Crippen molar-refractivity contribution < 1.29 is 9.13 Å². The minimum Gasteiger partial charge on any atom is -0.480 e. The lowest BCUT2D eigenvalue weighted by Gasteiger charge is -2.12. The summed E-state index contributed by atoms with van der Waals surface area (Å²) in [5.41, 5.74) is 13.6. The summed E-state index contributed by atoms with van der Waals surface area (Å²) in [7, 11) is 1.51. The molecule has 30 heavy (non-hydrogen) atoms. The first kappa shape index (κ1) is 19.9. The highest BCUT2D eigenvalue weighted by Gasteiger charge is 2.12. The van der Waals surface area contributed by atoms with E-state index in [2.05, 4.69) is 24.7 Å². The summed E-state index contributed by atoms with van der Waals surface area (Å²) < 4.78 is 22.6. The summed E-state index contributed by atoms with van der Waals surface area (Å²) in [6.45, 7) is 0. The van der Waals surface area contributed by atoms with E-state index in [-0.39, 0.29) is 11.8 Å². The number of nitrogens with zero attached hydrogens (tertiary/aromatic N) is 4. The lowest BCUT2D eigenvalue weighted by molar-refractivity contribution is 0.387. The number of fused-ring (bicyclic) bond motifs is 1. The van der Waals surface area contributed by atoms with E-state index in [1.54, 1.807) is 24.4 Å². The molecule has 0 radical (unpaired) electrons. The monoisotopic (exact) mass is 443 g/mol. The van der Waals surface area contributed by atoms with Gasteiger partial charge < -0.3 is 20.9 Å². The zero-order valence-electron chi connectivity index (χ0n) is 15.6. The number of ether oxygens (including phenoxy) is 1. The number of methoxy groups -OCH3 is 1. The van der Waals surface area contributed by atoms with E-state index in [4.69, 9.17) is 27.8 Å². The van der Waals surface area contributed by atoms with Crippen molar-refractivity contribution in [1.82, 2.24) is 19.9 Å². The Morgan fingerprint density at radius 2 is 1.90 bits per heavy atom. The predicted molar refractivity (Wildman–Crippen MR) is 117 cm³/mol. The summed E-state index contributed by atoms with van der Waals surface area (Å²) >= 11 is 7.19. The van der Waals surface area contributed by atoms with Crippen molar-refractivity contribution in [2.45, 2.75) is 4.90 Å². The number of aromatic nitrogens is 4. The molecule has 4 aromatic rings. The Morgan fingerprint density at radius 1 is 1.07 bits per heavy atom.